The van der Waals surface area contributed by atoms with Gasteiger partial charge in [-0.15, -0.1) is 0 Å². The summed E-state index contributed by atoms with van der Waals surface area (Å²) in [6.07, 6.45) is 1.38. The van der Waals surface area contributed by atoms with Crippen LogP contribution in [-0.2, 0) is 6.54 Å². The van der Waals surface area contributed by atoms with Gasteiger partial charge in [0, 0.05) is 17.6 Å². The van der Waals surface area contributed by atoms with Crippen LogP contribution in [0.4, 0.5) is 4.39 Å². The number of hydrogen-bond acceptors (Lipinski definition) is 3. The highest BCUT2D eigenvalue weighted by molar-refractivity contribution is 6.31. The van der Waals surface area contributed by atoms with Crippen molar-refractivity contribution in [1.29, 1.82) is 0 Å². The second-order valence-electron chi connectivity index (χ2n) is 5.36. The maximum Gasteiger partial charge on any atom is 0.181 e. The van der Waals surface area contributed by atoms with Gasteiger partial charge >= 0.3 is 0 Å². The Kier molecular flexibility index (Phi) is 3.92. The van der Waals surface area contributed by atoms with Gasteiger partial charge in [-0.1, -0.05) is 11.6 Å². The molecule has 0 aliphatic carbocycles. The molecule has 0 fully saturated rings. The Morgan fingerprint density at radius 2 is 2.11 bits per heavy atom. The smallest absolute Gasteiger partial charge is 0.181 e. The van der Waals surface area contributed by atoms with E-state index < -0.39 is 5.82 Å². The highest BCUT2D eigenvalue weighted by Crippen LogP contribution is 2.27. The van der Waals surface area contributed by atoms with Gasteiger partial charge in [0.2, 0.25) is 0 Å². The summed E-state index contributed by atoms with van der Waals surface area (Å²) in [4.78, 5) is 4.18. The van der Waals surface area contributed by atoms with Crippen LogP contribution in [0.25, 0.3) is 11.3 Å². The molecule has 0 bridgehead atoms. The molecule has 0 unspecified atom stereocenters. The Labute approximate surface area is 116 Å². The minimum atomic E-state index is -0.445. The molecule has 3 nitrogen and oxygen atoms in total. The standard InChI is InChI=1S/C14H16ClFN2O/c1-14(2,3)18-7-12-13(19-8-17-12)9-4-5-11(16)10(15)6-9/h4-6,8,18H,7H2,1-3H3. The van der Waals surface area contributed by atoms with Gasteiger partial charge in [-0.3, -0.25) is 0 Å². The summed E-state index contributed by atoms with van der Waals surface area (Å²) in [5.41, 5.74) is 1.48. The lowest BCUT2D eigenvalue weighted by Crippen LogP contribution is -2.35. The van der Waals surface area contributed by atoms with Crippen LogP contribution >= 0.6 is 11.6 Å². The molecule has 0 aliphatic heterocycles. The van der Waals surface area contributed by atoms with Gasteiger partial charge in [-0.05, 0) is 39.0 Å². The third kappa shape index (κ3) is 3.55. The van der Waals surface area contributed by atoms with Crippen LogP contribution in [0, 0.1) is 5.82 Å². The minimum absolute atomic E-state index is 0.0172. The zero-order valence-corrected chi connectivity index (χ0v) is 11.9. The molecular formula is C14H16ClFN2O. The number of rotatable bonds is 3. The van der Waals surface area contributed by atoms with E-state index in [1.165, 1.54) is 18.5 Å². The van der Waals surface area contributed by atoms with E-state index in [2.05, 4.69) is 31.1 Å². The van der Waals surface area contributed by atoms with Gasteiger partial charge in [0.25, 0.3) is 0 Å². The first-order valence-corrected chi connectivity index (χ1v) is 6.37. The maximum absolute atomic E-state index is 13.2. The molecular weight excluding hydrogens is 267 g/mol. The van der Waals surface area contributed by atoms with Crippen molar-refractivity contribution in [2.75, 3.05) is 0 Å². The summed E-state index contributed by atoms with van der Waals surface area (Å²) >= 11 is 5.78. The topological polar surface area (TPSA) is 38.1 Å². The molecule has 0 saturated carbocycles. The first-order valence-electron chi connectivity index (χ1n) is 5.99. The monoisotopic (exact) mass is 282 g/mol. The molecule has 1 aromatic carbocycles. The van der Waals surface area contributed by atoms with Crippen LogP contribution in [0.2, 0.25) is 5.02 Å². The van der Waals surface area contributed by atoms with Crippen molar-refractivity contribution in [1.82, 2.24) is 10.3 Å². The molecule has 5 heteroatoms. The number of hydrogen-bond donors (Lipinski definition) is 1. The third-order valence-corrected chi connectivity index (χ3v) is 2.90. The number of nitrogens with one attached hydrogen (secondary N) is 1. The number of halogens is 2. The van der Waals surface area contributed by atoms with Crippen molar-refractivity contribution in [2.45, 2.75) is 32.9 Å². The quantitative estimate of drug-likeness (QED) is 0.924. The Morgan fingerprint density at radius 3 is 2.74 bits per heavy atom. The van der Waals surface area contributed by atoms with Gasteiger partial charge in [-0.2, -0.15) is 0 Å². The fraction of sp³-hybridized carbons (Fsp3) is 0.357. The van der Waals surface area contributed by atoms with Gasteiger partial charge in [0.1, 0.15) is 11.5 Å². The number of aromatic nitrogens is 1. The molecule has 1 aromatic heterocycles. The van der Waals surface area contributed by atoms with Gasteiger partial charge in [-0.25, -0.2) is 9.37 Å². The molecule has 0 spiro atoms. The summed E-state index contributed by atoms with van der Waals surface area (Å²) in [5, 5.41) is 3.40. The van der Waals surface area contributed by atoms with Gasteiger partial charge < -0.3 is 9.73 Å². The Bertz CT molecular complexity index is 575. The SMILES string of the molecule is CC(C)(C)NCc1ncoc1-c1ccc(F)c(Cl)c1. The molecule has 0 atom stereocenters. The van der Waals surface area contributed by atoms with Crippen molar-refractivity contribution in [3.05, 3.63) is 41.1 Å². The predicted molar refractivity (Wildman–Crippen MR) is 73.5 cm³/mol. The number of benzene rings is 1. The fourth-order valence-electron chi connectivity index (χ4n) is 1.62. The predicted octanol–water partition coefficient (Wildman–Crippen LogP) is 4.02. The van der Waals surface area contributed by atoms with Crippen molar-refractivity contribution in [3.63, 3.8) is 0 Å². The third-order valence-electron chi connectivity index (χ3n) is 2.61. The Balaban J connectivity index is 2.26. The van der Waals surface area contributed by atoms with Crippen LogP contribution in [0.5, 0.6) is 0 Å². The largest absolute Gasteiger partial charge is 0.443 e. The molecule has 1 heterocycles. The lowest BCUT2D eigenvalue weighted by Gasteiger charge is -2.19. The van der Waals surface area contributed by atoms with E-state index in [0.29, 0.717) is 12.3 Å². The van der Waals surface area contributed by atoms with Gasteiger partial charge in [0.15, 0.2) is 12.2 Å². The van der Waals surface area contributed by atoms with Gasteiger partial charge in [0.05, 0.1) is 5.02 Å². The van der Waals surface area contributed by atoms with E-state index in [1.54, 1.807) is 6.07 Å². The molecule has 102 valence electrons. The second kappa shape index (κ2) is 5.31. The summed E-state index contributed by atoms with van der Waals surface area (Å²) in [6, 6.07) is 4.49. The Hall–Kier alpha value is -1.39. The van der Waals surface area contributed by atoms with E-state index in [1.807, 2.05) is 0 Å². The lowest BCUT2D eigenvalue weighted by atomic mass is 10.1. The van der Waals surface area contributed by atoms with Crippen LogP contribution in [-0.4, -0.2) is 10.5 Å². The van der Waals surface area contributed by atoms with E-state index in [9.17, 15) is 4.39 Å². The van der Waals surface area contributed by atoms with E-state index in [4.69, 9.17) is 16.0 Å². The van der Waals surface area contributed by atoms with Crippen molar-refractivity contribution >= 4 is 11.6 Å². The molecule has 2 aromatic rings. The fourth-order valence-corrected chi connectivity index (χ4v) is 1.80. The molecule has 19 heavy (non-hydrogen) atoms. The first-order chi connectivity index (χ1) is 8.87. The van der Waals surface area contributed by atoms with E-state index >= 15 is 0 Å². The highest BCUT2D eigenvalue weighted by Gasteiger charge is 2.15. The number of oxazole rings is 1. The first kappa shape index (κ1) is 14.0. The normalized spacial score (nSPS) is 11.8. The summed E-state index contributed by atoms with van der Waals surface area (Å²) in [7, 11) is 0. The van der Waals surface area contributed by atoms with Crippen molar-refractivity contribution in [2.24, 2.45) is 0 Å². The van der Waals surface area contributed by atoms with E-state index in [-0.39, 0.29) is 10.6 Å². The van der Waals surface area contributed by atoms with Crippen LogP contribution in [0.3, 0.4) is 0 Å². The van der Waals surface area contributed by atoms with Crippen molar-refractivity contribution in [3.8, 4) is 11.3 Å². The Morgan fingerprint density at radius 1 is 1.37 bits per heavy atom. The molecule has 0 radical (unpaired) electrons. The van der Waals surface area contributed by atoms with Crippen LogP contribution in [0.15, 0.2) is 29.0 Å². The maximum atomic E-state index is 13.2. The zero-order chi connectivity index (χ0) is 14.0. The summed E-state index contributed by atoms with van der Waals surface area (Å²) in [6.45, 7) is 6.79. The van der Waals surface area contributed by atoms with Crippen LogP contribution in [0.1, 0.15) is 26.5 Å². The summed E-state index contributed by atoms with van der Waals surface area (Å²) in [5.74, 6) is 0.165. The lowest BCUT2D eigenvalue weighted by molar-refractivity contribution is 0.421. The molecule has 0 saturated heterocycles. The zero-order valence-electron chi connectivity index (χ0n) is 11.1. The van der Waals surface area contributed by atoms with Crippen molar-refractivity contribution < 1.29 is 8.81 Å². The minimum Gasteiger partial charge on any atom is -0.443 e. The molecule has 1 N–H and O–H groups in total. The molecule has 2 rings (SSSR count). The van der Waals surface area contributed by atoms with E-state index in [0.717, 1.165) is 11.3 Å². The average Bonchev–Trinajstić information content (AvgIpc) is 2.77. The molecule has 0 amide bonds. The number of nitrogens with zero attached hydrogens (tertiary/aromatic N) is 1. The van der Waals surface area contributed by atoms with Crippen LogP contribution < -0.4 is 5.32 Å². The highest BCUT2D eigenvalue weighted by atomic mass is 35.5. The molecule has 0 aliphatic rings. The second-order valence-corrected chi connectivity index (χ2v) is 5.77. The summed E-state index contributed by atoms with van der Waals surface area (Å²) < 4.78 is 18.5. The average molecular weight is 283 g/mol.